The molecule has 0 unspecified atom stereocenters. The normalized spacial score (nSPS) is 9.41. The summed E-state index contributed by atoms with van der Waals surface area (Å²) in [4.78, 5) is 0. The van der Waals surface area contributed by atoms with Gasteiger partial charge in [0, 0.05) is 5.39 Å². The molecule has 0 bridgehead atoms. The molecule has 1 aromatic carbocycles. The fraction of sp³-hybridized carbons (Fsp3) is 0.316. The molecule has 2 nitrogen and oxygen atoms in total. The molecular formula is C19H29FN2. The van der Waals surface area contributed by atoms with Crippen molar-refractivity contribution in [3.05, 3.63) is 60.3 Å². The van der Waals surface area contributed by atoms with E-state index in [1.54, 1.807) is 0 Å². The zero-order valence-electron chi connectivity index (χ0n) is 14.7. The summed E-state index contributed by atoms with van der Waals surface area (Å²) in [5.41, 5.74) is 2.97. The lowest BCUT2D eigenvalue weighted by Gasteiger charge is -1.89. The van der Waals surface area contributed by atoms with E-state index in [0.717, 1.165) is 22.2 Å². The second kappa shape index (κ2) is 15.2. The molecule has 22 heavy (non-hydrogen) atoms. The number of nitrogens with one attached hydrogen (secondary N) is 1. The molecule has 1 heterocycles. The first-order chi connectivity index (χ1) is 10.8. The van der Waals surface area contributed by atoms with E-state index in [2.05, 4.69) is 22.8 Å². The molecule has 1 aromatic heterocycles. The van der Waals surface area contributed by atoms with Crippen LogP contribution in [0.4, 0.5) is 4.39 Å². The number of halogens is 1. The molecule has 0 saturated carbocycles. The third-order valence-electron chi connectivity index (χ3n) is 2.34. The summed E-state index contributed by atoms with van der Waals surface area (Å²) in [6.07, 6.45) is 7.87. The molecule has 0 amide bonds. The number of rotatable bonds is 3. The van der Waals surface area contributed by atoms with Crippen molar-refractivity contribution >= 4 is 17.0 Å². The van der Waals surface area contributed by atoms with Crippen molar-refractivity contribution in [1.29, 1.82) is 0 Å². The summed E-state index contributed by atoms with van der Waals surface area (Å²) in [5.74, 6) is 0. The van der Waals surface area contributed by atoms with Crippen LogP contribution >= 0.6 is 0 Å². The predicted octanol–water partition coefficient (Wildman–Crippen LogP) is 6.35. The average Bonchev–Trinajstić information content (AvgIpc) is 3.02. The number of para-hydroxylation sites is 1. The Morgan fingerprint density at radius 3 is 2.27 bits per heavy atom. The lowest BCUT2D eigenvalue weighted by molar-refractivity contribution is 0.636. The van der Waals surface area contributed by atoms with Crippen molar-refractivity contribution in [2.45, 2.75) is 34.6 Å². The van der Waals surface area contributed by atoms with Gasteiger partial charge in [-0.15, -0.1) is 0 Å². The molecule has 0 saturated heterocycles. The Morgan fingerprint density at radius 2 is 1.68 bits per heavy atom. The number of hydrogen-bond acceptors (Lipinski definition) is 1. The zero-order valence-corrected chi connectivity index (χ0v) is 14.7. The Balaban J connectivity index is 0. The van der Waals surface area contributed by atoms with Crippen molar-refractivity contribution in [2.24, 2.45) is 0 Å². The number of allylic oxidation sites excluding steroid dienone is 4. The third kappa shape index (κ3) is 7.58. The lowest BCUT2D eigenvalue weighted by atomic mass is 10.2. The monoisotopic (exact) mass is 304 g/mol. The van der Waals surface area contributed by atoms with Crippen LogP contribution in [0.1, 0.15) is 40.3 Å². The number of alkyl halides is 1. The fourth-order valence-corrected chi connectivity index (χ4v) is 1.57. The Morgan fingerprint density at radius 1 is 1.09 bits per heavy atom. The van der Waals surface area contributed by atoms with Gasteiger partial charge in [0.05, 0.1) is 18.4 Å². The molecule has 3 heteroatoms. The van der Waals surface area contributed by atoms with Gasteiger partial charge in [0.1, 0.15) is 0 Å². The number of aromatic amines is 1. The maximum Gasteiger partial charge on any atom is 0.0927 e. The molecule has 1 N–H and O–H groups in total. The molecule has 0 aliphatic heterocycles. The van der Waals surface area contributed by atoms with Crippen LogP contribution in [-0.2, 0) is 0 Å². The van der Waals surface area contributed by atoms with Crippen molar-refractivity contribution in [1.82, 2.24) is 10.2 Å². The highest BCUT2D eigenvalue weighted by Gasteiger charge is 1.99. The quantitative estimate of drug-likeness (QED) is 0.658. The van der Waals surface area contributed by atoms with Gasteiger partial charge in [0.2, 0.25) is 0 Å². The number of aromatic nitrogens is 2. The van der Waals surface area contributed by atoms with Gasteiger partial charge in [-0.1, -0.05) is 70.7 Å². The highest BCUT2D eigenvalue weighted by Crippen LogP contribution is 2.16. The van der Waals surface area contributed by atoms with Gasteiger partial charge in [-0.2, -0.15) is 5.10 Å². The fourth-order valence-electron chi connectivity index (χ4n) is 1.57. The smallest absolute Gasteiger partial charge is 0.0927 e. The zero-order chi connectivity index (χ0) is 17.4. The predicted molar refractivity (Wildman–Crippen MR) is 98.8 cm³/mol. The van der Waals surface area contributed by atoms with Crippen LogP contribution in [-0.4, -0.2) is 17.4 Å². The summed E-state index contributed by atoms with van der Waals surface area (Å²) >= 11 is 0. The van der Waals surface area contributed by atoms with Gasteiger partial charge in [0.15, 0.2) is 0 Å². The maximum absolute atomic E-state index is 9.50. The molecule has 0 aliphatic rings. The maximum atomic E-state index is 9.50. The van der Waals surface area contributed by atoms with Crippen LogP contribution in [0, 0.1) is 0 Å². The van der Waals surface area contributed by atoms with Crippen molar-refractivity contribution < 1.29 is 4.39 Å². The number of H-pyrrole nitrogens is 1. The van der Waals surface area contributed by atoms with Crippen LogP contribution in [0.5, 0.6) is 0 Å². The highest BCUT2D eigenvalue weighted by molar-refractivity contribution is 5.86. The first kappa shape index (κ1) is 22.1. The van der Waals surface area contributed by atoms with Crippen LogP contribution in [0.25, 0.3) is 17.0 Å². The van der Waals surface area contributed by atoms with Gasteiger partial charge in [-0.05, 0) is 24.6 Å². The SMILES string of the molecule is C=C(/C=C\C)/C=C/c1n[nH]c2ccccc12.CC.CC.CF. The van der Waals surface area contributed by atoms with E-state index < -0.39 is 0 Å². The Hall–Kier alpha value is -2.16. The standard InChI is InChI=1S/C14H14N2.2C2H6.CH3F/c1-3-6-11(2)9-10-14-12-7-4-5-8-13(12)15-16-14;3*1-2/h3-10H,2H2,1H3,(H,15,16);2*1-2H3;1H3/b6-3-,10-9+;;;. The summed E-state index contributed by atoms with van der Waals surface area (Å²) in [6.45, 7) is 13.9. The minimum atomic E-state index is 0.500. The molecular weight excluding hydrogens is 275 g/mol. The van der Waals surface area contributed by atoms with Gasteiger partial charge >= 0.3 is 0 Å². The van der Waals surface area contributed by atoms with Crippen molar-refractivity contribution in [3.63, 3.8) is 0 Å². The Bertz CT molecular complexity index is 566. The van der Waals surface area contributed by atoms with Crippen LogP contribution in [0.3, 0.4) is 0 Å². The van der Waals surface area contributed by atoms with Crippen molar-refractivity contribution in [2.75, 3.05) is 7.18 Å². The summed E-state index contributed by atoms with van der Waals surface area (Å²) in [6, 6.07) is 8.07. The molecule has 0 fully saturated rings. The molecule has 0 spiro atoms. The van der Waals surface area contributed by atoms with Gasteiger partial charge in [0.25, 0.3) is 0 Å². The topological polar surface area (TPSA) is 28.7 Å². The lowest BCUT2D eigenvalue weighted by Crippen LogP contribution is -1.73. The Labute approximate surface area is 134 Å². The molecule has 2 rings (SSSR count). The molecule has 0 aliphatic carbocycles. The van der Waals surface area contributed by atoms with E-state index in [1.807, 2.05) is 77.1 Å². The van der Waals surface area contributed by atoms with E-state index >= 15 is 0 Å². The largest absolute Gasteiger partial charge is 0.277 e. The first-order valence-electron chi connectivity index (χ1n) is 7.62. The van der Waals surface area contributed by atoms with Gasteiger partial charge in [-0.25, -0.2) is 0 Å². The van der Waals surface area contributed by atoms with E-state index in [0.29, 0.717) is 7.18 Å². The van der Waals surface area contributed by atoms with E-state index in [9.17, 15) is 4.39 Å². The summed E-state index contributed by atoms with van der Waals surface area (Å²) < 4.78 is 9.50. The van der Waals surface area contributed by atoms with Gasteiger partial charge in [-0.3, -0.25) is 9.49 Å². The minimum Gasteiger partial charge on any atom is -0.277 e. The second-order valence-electron chi connectivity index (χ2n) is 3.56. The van der Waals surface area contributed by atoms with Crippen LogP contribution in [0.15, 0.2) is 54.6 Å². The van der Waals surface area contributed by atoms with E-state index in [1.165, 1.54) is 0 Å². The van der Waals surface area contributed by atoms with Crippen LogP contribution in [0.2, 0.25) is 0 Å². The summed E-state index contributed by atoms with van der Waals surface area (Å²) in [7, 11) is 0.500. The number of hydrogen-bond donors (Lipinski definition) is 1. The van der Waals surface area contributed by atoms with E-state index in [-0.39, 0.29) is 0 Å². The van der Waals surface area contributed by atoms with Gasteiger partial charge < -0.3 is 0 Å². The van der Waals surface area contributed by atoms with E-state index in [4.69, 9.17) is 0 Å². The number of nitrogens with zero attached hydrogens (tertiary/aromatic N) is 1. The number of benzene rings is 1. The molecule has 122 valence electrons. The highest BCUT2D eigenvalue weighted by atomic mass is 19.1. The number of fused-ring (bicyclic) bond motifs is 1. The van der Waals surface area contributed by atoms with Crippen LogP contribution < -0.4 is 0 Å². The molecule has 2 aromatic rings. The average molecular weight is 304 g/mol. The Kier molecular flexibility index (Phi) is 15.3. The molecule has 0 atom stereocenters. The summed E-state index contributed by atoms with van der Waals surface area (Å²) in [5, 5.41) is 8.38. The first-order valence-corrected chi connectivity index (χ1v) is 7.62. The van der Waals surface area contributed by atoms with Crippen molar-refractivity contribution in [3.8, 4) is 0 Å². The third-order valence-corrected chi connectivity index (χ3v) is 2.34. The second-order valence-corrected chi connectivity index (χ2v) is 3.56. The minimum absolute atomic E-state index is 0.500. The molecule has 0 radical (unpaired) electrons.